The third-order valence-corrected chi connectivity index (χ3v) is 5.06. The average Bonchev–Trinajstić information content (AvgIpc) is 3.36. The van der Waals surface area contributed by atoms with Gasteiger partial charge in [-0.15, -0.1) is 0 Å². The number of imidazole rings is 2. The van der Waals surface area contributed by atoms with Crippen molar-refractivity contribution in [2.24, 2.45) is 0 Å². The number of ether oxygens (including phenoxy) is 1. The molecule has 0 radical (unpaired) electrons. The molecule has 0 saturated carbocycles. The smallest absolute Gasteiger partial charge is 0.138 e. The number of anilines is 1. The van der Waals surface area contributed by atoms with Crippen LogP contribution in [0.2, 0.25) is 0 Å². The van der Waals surface area contributed by atoms with Crippen LogP contribution in [0.25, 0.3) is 44.8 Å². The van der Waals surface area contributed by atoms with Gasteiger partial charge in [-0.1, -0.05) is 0 Å². The first-order chi connectivity index (χ1) is 14.6. The van der Waals surface area contributed by atoms with E-state index >= 15 is 0 Å². The maximum absolute atomic E-state index is 5.23. The molecule has 6 nitrogen and oxygen atoms in total. The molecule has 5 aromatic rings. The van der Waals surface area contributed by atoms with E-state index in [4.69, 9.17) is 14.7 Å². The van der Waals surface area contributed by atoms with Crippen molar-refractivity contribution >= 4 is 27.8 Å². The molecular weight excluding hydrogens is 374 g/mol. The maximum atomic E-state index is 5.23. The molecule has 30 heavy (non-hydrogen) atoms. The lowest BCUT2D eigenvalue weighted by Gasteiger charge is -2.08. The Hall–Kier alpha value is -3.80. The molecular formula is C24H23N5O. The topological polar surface area (TPSA) is 78.6 Å². The van der Waals surface area contributed by atoms with Crippen molar-refractivity contribution < 1.29 is 4.74 Å². The van der Waals surface area contributed by atoms with Gasteiger partial charge >= 0.3 is 0 Å². The second kappa shape index (κ2) is 7.22. The molecule has 0 atom stereocenters. The van der Waals surface area contributed by atoms with Crippen LogP contribution >= 0.6 is 0 Å². The summed E-state index contributed by atoms with van der Waals surface area (Å²) in [5, 5.41) is 3.43. The van der Waals surface area contributed by atoms with Crippen LogP contribution in [0.15, 0.2) is 60.7 Å². The third-order valence-electron chi connectivity index (χ3n) is 5.06. The van der Waals surface area contributed by atoms with E-state index in [1.807, 2.05) is 42.5 Å². The van der Waals surface area contributed by atoms with Gasteiger partial charge in [0.2, 0.25) is 0 Å². The number of nitrogens with zero attached hydrogens (tertiary/aromatic N) is 2. The second-order valence-corrected chi connectivity index (χ2v) is 7.66. The number of benzene rings is 3. The van der Waals surface area contributed by atoms with E-state index in [1.54, 1.807) is 7.11 Å². The summed E-state index contributed by atoms with van der Waals surface area (Å²) in [4.78, 5) is 16.3. The zero-order chi connectivity index (χ0) is 20.7. The first kappa shape index (κ1) is 18.2. The number of methoxy groups -OCH3 is 1. The summed E-state index contributed by atoms with van der Waals surface area (Å²) in [5.41, 5.74) is 6.97. The van der Waals surface area contributed by atoms with Gasteiger partial charge in [-0.3, -0.25) is 0 Å². The zero-order valence-corrected chi connectivity index (χ0v) is 17.2. The Morgan fingerprint density at radius 1 is 0.767 bits per heavy atom. The lowest BCUT2D eigenvalue weighted by molar-refractivity contribution is 0.415. The summed E-state index contributed by atoms with van der Waals surface area (Å²) < 4.78 is 5.23. The number of H-pyrrole nitrogens is 2. The van der Waals surface area contributed by atoms with Crippen LogP contribution in [-0.2, 0) is 0 Å². The van der Waals surface area contributed by atoms with E-state index in [-0.39, 0.29) is 0 Å². The molecule has 0 aliphatic carbocycles. The minimum atomic E-state index is 0.382. The Balaban J connectivity index is 1.49. The highest BCUT2D eigenvalue weighted by molar-refractivity contribution is 5.86. The number of hydrogen-bond donors (Lipinski definition) is 3. The van der Waals surface area contributed by atoms with Crippen molar-refractivity contribution in [1.82, 2.24) is 19.9 Å². The Morgan fingerprint density at radius 3 is 2.03 bits per heavy atom. The van der Waals surface area contributed by atoms with Gasteiger partial charge in [-0.25, -0.2) is 9.97 Å². The summed E-state index contributed by atoms with van der Waals surface area (Å²) in [5.74, 6) is 2.50. The molecule has 0 bridgehead atoms. The maximum Gasteiger partial charge on any atom is 0.138 e. The first-order valence-corrected chi connectivity index (χ1v) is 10.00. The number of aromatic nitrogens is 4. The molecule has 2 heterocycles. The Bertz CT molecular complexity index is 1330. The molecule has 0 spiro atoms. The molecule has 2 aromatic heterocycles. The zero-order valence-electron chi connectivity index (χ0n) is 17.2. The van der Waals surface area contributed by atoms with Gasteiger partial charge in [0, 0.05) is 22.9 Å². The number of nitrogens with one attached hydrogen (secondary N) is 3. The Morgan fingerprint density at radius 2 is 1.37 bits per heavy atom. The highest BCUT2D eigenvalue weighted by atomic mass is 16.5. The molecule has 6 heteroatoms. The van der Waals surface area contributed by atoms with Crippen LogP contribution < -0.4 is 10.1 Å². The number of aromatic amines is 2. The standard InChI is InChI=1S/C24H23N5O/c1-14(2)25-17-7-11-20-22(13-17)29-24(27-20)16-6-10-19-21(12-16)28-23(26-19)15-4-8-18(30-3)9-5-15/h4-14,25H,1-3H3,(H,26,28)(H,27,29). The second-order valence-electron chi connectivity index (χ2n) is 7.66. The predicted octanol–water partition coefficient (Wildman–Crippen LogP) is 5.60. The van der Waals surface area contributed by atoms with Crippen molar-refractivity contribution in [2.75, 3.05) is 12.4 Å². The van der Waals surface area contributed by atoms with Crippen LogP contribution in [0.1, 0.15) is 13.8 Å². The van der Waals surface area contributed by atoms with E-state index in [2.05, 4.69) is 47.3 Å². The summed E-state index contributed by atoms with van der Waals surface area (Å²) >= 11 is 0. The fourth-order valence-corrected chi connectivity index (χ4v) is 3.61. The van der Waals surface area contributed by atoms with Gasteiger partial charge in [-0.2, -0.15) is 0 Å². The van der Waals surface area contributed by atoms with Crippen molar-refractivity contribution in [3.63, 3.8) is 0 Å². The monoisotopic (exact) mass is 397 g/mol. The SMILES string of the molecule is COc1ccc(-c2nc3ccc(-c4nc5ccc(NC(C)C)cc5[nH]4)cc3[nH]2)cc1. The largest absolute Gasteiger partial charge is 0.497 e. The van der Waals surface area contributed by atoms with Crippen LogP contribution in [-0.4, -0.2) is 33.1 Å². The molecule has 0 aliphatic heterocycles. The van der Waals surface area contributed by atoms with E-state index in [0.717, 1.165) is 56.3 Å². The number of fused-ring (bicyclic) bond motifs is 2. The van der Waals surface area contributed by atoms with E-state index in [0.29, 0.717) is 6.04 Å². The summed E-state index contributed by atoms with van der Waals surface area (Å²) in [6.45, 7) is 4.25. The molecule has 3 N–H and O–H groups in total. The molecule has 5 rings (SSSR count). The van der Waals surface area contributed by atoms with Crippen LogP contribution in [0.4, 0.5) is 5.69 Å². The van der Waals surface area contributed by atoms with Crippen molar-refractivity contribution in [3.8, 4) is 28.5 Å². The van der Waals surface area contributed by atoms with Gasteiger partial charge in [0.05, 0.1) is 29.2 Å². The lowest BCUT2D eigenvalue weighted by Crippen LogP contribution is -2.09. The van der Waals surface area contributed by atoms with E-state index in [1.165, 1.54) is 0 Å². The van der Waals surface area contributed by atoms with Crippen molar-refractivity contribution in [1.29, 1.82) is 0 Å². The molecule has 0 saturated heterocycles. The van der Waals surface area contributed by atoms with Crippen LogP contribution in [0.5, 0.6) is 5.75 Å². The van der Waals surface area contributed by atoms with Crippen molar-refractivity contribution in [2.45, 2.75) is 19.9 Å². The van der Waals surface area contributed by atoms with Gasteiger partial charge < -0.3 is 20.0 Å². The van der Waals surface area contributed by atoms with Crippen molar-refractivity contribution in [3.05, 3.63) is 60.7 Å². The summed E-state index contributed by atoms with van der Waals surface area (Å²) in [6.07, 6.45) is 0. The highest BCUT2D eigenvalue weighted by Crippen LogP contribution is 2.28. The predicted molar refractivity (Wildman–Crippen MR) is 122 cm³/mol. The normalized spacial score (nSPS) is 11.5. The molecule has 0 unspecified atom stereocenters. The molecule has 3 aromatic carbocycles. The number of rotatable bonds is 5. The molecule has 150 valence electrons. The van der Waals surface area contributed by atoms with Crippen LogP contribution in [0, 0.1) is 0 Å². The number of hydrogen-bond acceptors (Lipinski definition) is 4. The minimum absolute atomic E-state index is 0.382. The summed E-state index contributed by atoms with van der Waals surface area (Å²) in [7, 11) is 1.66. The quantitative estimate of drug-likeness (QED) is 0.361. The third kappa shape index (κ3) is 3.37. The average molecular weight is 397 g/mol. The van der Waals surface area contributed by atoms with E-state index < -0.39 is 0 Å². The molecule has 0 aliphatic rings. The highest BCUT2D eigenvalue weighted by Gasteiger charge is 2.10. The lowest BCUT2D eigenvalue weighted by atomic mass is 10.2. The molecule has 0 fully saturated rings. The fraction of sp³-hybridized carbons (Fsp3) is 0.167. The minimum Gasteiger partial charge on any atom is -0.497 e. The molecule has 0 amide bonds. The summed E-state index contributed by atoms with van der Waals surface area (Å²) in [6, 6.07) is 20.6. The van der Waals surface area contributed by atoms with Crippen LogP contribution in [0.3, 0.4) is 0 Å². The van der Waals surface area contributed by atoms with Gasteiger partial charge in [-0.05, 0) is 74.5 Å². The van der Waals surface area contributed by atoms with Gasteiger partial charge in [0.15, 0.2) is 0 Å². The Kier molecular flexibility index (Phi) is 4.39. The Labute approximate surface area is 174 Å². The fourth-order valence-electron chi connectivity index (χ4n) is 3.61. The first-order valence-electron chi connectivity index (χ1n) is 10.00. The van der Waals surface area contributed by atoms with E-state index in [9.17, 15) is 0 Å². The van der Waals surface area contributed by atoms with Gasteiger partial charge in [0.1, 0.15) is 17.4 Å². The van der Waals surface area contributed by atoms with Gasteiger partial charge in [0.25, 0.3) is 0 Å².